The van der Waals surface area contributed by atoms with Crippen LogP contribution in [0.2, 0.25) is 0 Å². The molecule has 4 heterocycles. The number of rotatable bonds is 55. The third kappa shape index (κ3) is 22.9. The zero-order valence-corrected chi connectivity index (χ0v) is 67.4. The number of ether oxygens (including phenoxy) is 6. The first-order valence-corrected chi connectivity index (χ1v) is 42.0. The van der Waals surface area contributed by atoms with E-state index in [4.69, 9.17) is 28.4 Å². The summed E-state index contributed by atoms with van der Waals surface area (Å²) >= 11 is 0. The van der Waals surface area contributed by atoms with Crippen molar-refractivity contribution in [3.63, 3.8) is 0 Å². The van der Waals surface area contributed by atoms with E-state index >= 15 is 0 Å². The fourth-order valence-corrected chi connectivity index (χ4v) is 17.1. The van der Waals surface area contributed by atoms with Crippen molar-refractivity contribution >= 4 is 43.1 Å². The molecule has 0 spiro atoms. The number of hydrogen-bond acceptors (Lipinski definition) is 16. The van der Waals surface area contributed by atoms with Gasteiger partial charge in [-0.25, -0.2) is 4.57 Å². The van der Waals surface area contributed by atoms with Crippen LogP contribution in [0.4, 0.5) is 0 Å². The highest BCUT2D eigenvalue weighted by atomic mass is 16.5. The molecule has 0 amide bonds. The summed E-state index contributed by atoms with van der Waals surface area (Å²) in [7, 11) is 1.40. The van der Waals surface area contributed by atoms with Crippen molar-refractivity contribution in [2.45, 2.75) is 271 Å². The van der Waals surface area contributed by atoms with Crippen molar-refractivity contribution < 1.29 is 38.6 Å². The van der Waals surface area contributed by atoms with Crippen molar-refractivity contribution in [2.24, 2.45) is 30.7 Å². The predicted molar refractivity (Wildman–Crippen MR) is 445 cm³/mol. The summed E-state index contributed by atoms with van der Waals surface area (Å²) in [6, 6.07) is 16.7. The molecule has 6 unspecified atom stereocenters. The Morgan fingerprint density at radius 1 is 0.423 bits per heavy atom. The molecule has 606 valence electrons. The first-order chi connectivity index (χ1) is 53.7. The van der Waals surface area contributed by atoms with Crippen LogP contribution in [0.1, 0.15) is 250 Å². The molecule has 1 aliphatic carbocycles. The highest BCUT2D eigenvalue weighted by Gasteiger charge is 2.38. The van der Waals surface area contributed by atoms with E-state index in [9.17, 15) is 48.6 Å². The van der Waals surface area contributed by atoms with Gasteiger partial charge in [0, 0.05) is 38.8 Å². The van der Waals surface area contributed by atoms with Gasteiger partial charge < -0.3 is 38.6 Å². The van der Waals surface area contributed by atoms with Crippen molar-refractivity contribution in [1.29, 1.82) is 0 Å². The molecule has 0 aliphatic heterocycles. The van der Waals surface area contributed by atoms with E-state index in [0.717, 1.165) is 114 Å². The lowest BCUT2D eigenvalue weighted by atomic mass is 9.61. The molecule has 1 fully saturated rings. The zero-order chi connectivity index (χ0) is 79.4. The number of aryl methyl sites for hydroxylation is 1. The standard InChI is InChI=1S/C91H126N4O16/c1-9-13-15-17-23-29-39-70-64(37-27-16-14-10-2)41-42-65(71(70)40-30-24-19-21-26-32-47-93-85(100)74-55-72-73(56-75(74)86(93)101)84(99)92(8)83(72)98)38-28-22-18-20-25-31-48-94-87(102)76-57-78-79(58-77(76)88(94)103)90(105)95(89(78)104)80-54-67(44-46-82(80)111-62-69(97)60-109-52-36-34-50-107-12-4)91(6,7)66-43-45-81(63(5)53-66)110-61-68(96)59-108-51-35-33-49-106-11-3/h11-12,43-46,53-58,64-65,68-71,96-97H,3-4,9-10,13-42,47-52,59-62H2,1-2,5-8H3. The number of unbranched alkanes of at least 4 members (excludes halogenated alkanes) is 20. The lowest BCUT2D eigenvalue weighted by Gasteiger charge is -2.44. The van der Waals surface area contributed by atoms with Gasteiger partial charge in [0.05, 0.1) is 87.7 Å². The minimum absolute atomic E-state index is 0.00263. The lowest BCUT2D eigenvalue weighted by molar-refractivity contribution is 0.0101. The third-order valence-corrected chi connectivity index (χ3v) is 23.7. The highest BCUT2D eigenvalue weighted by Crippen LogP contribution is 2.48. The van der Waals surface area contributed by atoms with Gasteiger partial charge in [-0.2, -0.15) is 0 Å². The Balaban J connectivity index is 0.816. The first kappa shape index (κ1) is 86.9. The van der Waals surface area contributed by atoms with Gasteiger partial charge in [0.1, 0.15) is 36.9 Å². The third-order valence-electron chi connectivity index (χ3n) is 23.7. The summed E-state index contributed by atoms with van der Waals surface area (Å²) in [5.41, 5.74) is -2.20. The first-order valence-electron chi connectivity index (χ1n) is 42.0. The summed E-state index contributed by atoms with van der Waals surface area (Å²) in [4.78, 5) is 110. The fraction of sp³-hybridized carbons (Fsp3) is 0.604. The number of hydrogen-bond donors (Lipinski definition) is 2. The number of aliphatic hydroxyl groups is 2. The topological polar surface area (TPSA) is 252 Å². The predicted octanol–water partition coefficient (Wildman–Crippen LogP) is 15.8. The van der Waals surface area contributed by atoms with Crippen LogP contribution >= 0.6 is 0 Å². The van der Waals surface area contributed by atoms with E-state index < -0.39 is 62.1 Å². The van der Waals surface area contributed by atoms with Crippen LogP contribution in [-0.4, -0.2) is 93.5 Å². The Hall–Kier alpha value is -8.04. The van der Waals surface area contributed by atoms with Gasteiger partial charge in [0.15, 0.2) is 0 Å². The van der Waals surface area contributed by atoms with Gasteiger partial charge in [-0.1, -0.05) is 200 Å². The molecule has 1 aliphatic rings. The molecule has 20 heteroatoms. The molecule has 0 saturated heterocycles. The Bertz CT molecular complexity index is 4570. The average molecular weight is 1530 g/mol. The van der Waals surface area contributed by atoms with Crippen LogP contribution < -0.4 is 53.9 Å². The van der Waals surface area contributed by atoms with Gasteiger partial charge in [-0.15, -0.1) is 0 Å². The monoisotopic (exact) mass is 1530 g/mol. The van der Waals surface area contributed by atoms with Crippen LogP contribution in [0.3, 0.4) is 0 Å². The SMILES string of the molecule is C=COCCCCOCC(O)COc1ccc(C(C)(C)c2ccc(OCC(O)COCCCCOC=C)c(-n3c(=O)c4cc5c(=O)n(CCCCCCCCC6CCC(CCCCCC)C(CCCCCCCC)C6CCCCCCCCn6c(=O)c7cc8c(=O)n(C)c(=O)c8cc7c6=O)c(=O)c5cc4c3=O)c2)cc1C. The largest absolute Gasteiger partial charge is 0.502 e. The summed E-state index contributed by atoms with van der Waals surface area (Å²) in [6.07, 6.45) is 36.8. The van der Waals surface area contributed by atoms with Crippen LogP contribution in [-0.2, 0) is 44.5 Å². The van der Waals surface area contributed by atoms with Crippen LogP contribution in [0, 0.1) is 30.6 Å². The van der Waals surface area contributed by atoms with Gasteiger partial charge in [-0.3, -0.25) is 52.1 Å². The van der Waals surface area contributed by atoms with Crippen LogP contribution in [0.15, 0.2) is 125 Å². The van der Waals surface area contributed by atoms with Gasteiger partial charge in [0.2, 0.25) is 0 Å². The van der Waals surface area contributed by atoms with Gasteiger partial charge >= 0.3 is 0 Å². The molecule has 0 radical (unpaired) electrons. The summed E-state index contributed by atoms with van der Waals surface area (Å²) in [6.45, 7) is 20.0. The number of benzene rings is 4. The maximum absolute atomic E-state index is 14.8. The second-order valence-corrected chi connectivity index (χ2v) is 32.0. The molecule has 8 aromatic rings. The van der Waals surface area contributed by atoms with Crippen molar-refractivity contribution in [1.82, 2.24) is 18.3 Å². The number of aromatic nitrogens is 4. The second-order valence-electron chi connectivity index (χ2n) is 32.0. The zero-order valence-electron chi connectivity index (χ0n) is 67.4. The lowest BCUT2D eigenvalue weighted by Crippen LogP contribution is -2.35. The molecule has 6 atom stereocenters. The van der Waals surface area contributed by atoms with E-state index in [0.29, 0.717) is 63.9 Å². The molecule has 20 nitrogen and oxygen atoms in total. The molecule has 0 bridgehead atoms. The second kappa shape index (κ2) is 43.8. The van der Waals surface area contributed by atoms with E-state index in [-0.39, 0.29) is 87.5 Å². The van der Waals surface area contributed by atoms with E-state index in [1.165, 1.54) is 169 Å². The molecule has 9 rings (SSSR count). The fourth-order valence-electron chi connectivity index (χ4n) is 17.1. The minimum atomic E-state index is -1.05. The molecular weight excluding hydrogens is 1410 g/mol. The summed E-state index contributed by atoms with van der Waals surface area (Å²) < 4.78 is 38.6. The maximum Gasteiger partial charge on any atom is 0.266 e. The van der Waals surface area contributed by atoms with Crippen molar-refractivity contribution in [3.8, 4) is 17.2 Å². The van der Waals surface area contributed by atoms with E-state index in [2.05, 4.69) is 27.0 Å². The smallest absolute Gasteiger partial charge is 0.266 e. The van der Waals surface area contributed by atoms with E-state index in [1.807, 2.05) is 45.0 Å². The summed E-state index contributed by atoms with van der Waals surface area (Å²) in [5, 5.41) is 22.6. The van der Waals surface area contributed by atoms with Crippen LogP contribution in [0.5, 0.6) is 11.5 Å². The molecule has 111 heavy (non-hydrogen) atoms. The maximum atomic E-state index is 14.8. The Kier molecular flexibility index (Phi) is 34.3. The van der Waals surface area contributed by atoms with Crippen molar-refractivity contribution in [3.05, 3.63) is 186 Å². The Labute approximate surface area is 654 Å². The van der Waals surface area contributed by atoms with Gasteiger partial charge in [-0.05, 0) is 154 Å². The Morgan fingerprint density at radius 3 is 1.20 bits per heavy atom. The van der Waals surface area contributed by atoms with Crippen molar-refractivity contribution in [2.75, 3.05) is 52.9 Å². The van der Waals surface area contributed by atoms with Crippen LogP contribution in [0.25, 0.3) is 48.8 Å². The highest BCUT2D eigenvalue weighted by molar-refractivity contribution is 5.99. The minimum Gasteiger partial charge on any atom is -0.502 e. The number of aliphatic hydroxyl groups excluding tert-OH is 2. The van der Waals surface area contributed by atoms with E-state index in [1.54, 1.807) is 12.1 Å². The van der Waals surface area contributed by atoms with Gasteiger partial charge in [0.25, 0.3) is 44.5 Å². The molecule has 2 N–H and O–H groups in total. The average Bonchev–Trinajstić information content (AvgIpc) is 1.59. The normalized spacial score (nSPS) is 16.0. The number of nitrogens with zero attached hydrogens (tertiary/aromatic N) is 4. The Morgan fingerprint density at radius 2 is 0.775 bits per heavy atom. The molecule has 1 saturated carbocycles. The summed E-state index contributed by atoms with van der Waals surface area (Å²) in [5.74, 6) is 3.74. The molecular formula is C91H126N4O16. The quantitative estimate of drug-likeness (QED) is 0.0265. The molecule has 4 aromatic carbocycles. The molecule has 4 aromatic heterocycles. The number of fused-ring (bicyclic) bond motifs is 4.